The van der Waals surface area contributed by atoms with Gasteiger partial charge in [0.1, 0.15) is 23.0 Å². The second-order valence-corrected chi connectivity index (χ2v) is 6.63. The Balaban J connectivity index is 1.89. The summed E-state index contributed by atoms with van der Waals surface area (Å²) in [4.78, 5) is 4.66. The Morgan fingerprint density at radius 3 is 2.07 bits per heavy atom. The van der Waals surface area contributed by atoms with Crippen LogP contribution in [0.15, 0.2) is 89.6 Å². The molecule has 3 aromatic rings. The van der Waals surface area contributed by atoms with Gasteiger partial charge in [0.2, 0.25) is 5.90 Å². The molecule has 0 fully saturated rings. The van der Waals surface area contributed by atoms with Crippen LogP contribution in [0.25, 0.3) is 0 Å². The third kappa shape index (κ3) is 5.88. The SMILES string of the molecule is COc1ccc(N=C(Oc2cccc(OC)c2)/C(C)=C/Oc2ccc(C)cc2)cc1. The van der Waals surface area contributed by atoms with Crippen molar-refractivity contribution in [2.75, 3.05) is 14.2 Å². The standard InChI is InChI=1S/C25H25NO4/c1-18-8-12-22(13-9-18)29-17-19(2)25(26-20-10-14-21(27-3)15-11-20)30-24-7-5-6-23(16-24)28-4/h5-17H,1-4H3/b19-17+,26-25?. The Labute approximate surface area is 177 Å². The first-order chi connectivity index (χ1) is 14.6. The minimum Gasteiger partial charge on any atom is -0.497 e. The molecule has 0 amide bonds. The molecule has 0 aliphatic rings. The summed E-state index contributed by atoms with van der Waals surface area (Å²) in [5.74, 6) is 3.24. The zero-order chi connectivity index (χ0) is 21.3. The van der Waals surface area contributed by atoms with Crippen molar-refractivity contribution in [1.82, 2.24) is 0 Å². The van der Waals surface area contributed by atoms with Crippen LogP contribution in [0.2, 0.25) is 0 Å². The molecule has 5 heteroatoms. The zero-order valence-electron chi connectivity index (χ0n) is 17.6. The molecule has 154 valence electrons. The van der Waals surface area contributed by atoms with Crippen molar-refractivity contribution in [2.24, 2.45) is 4.99 Å². The number of nitrogens with zero attached hydrogens (tertiary/aromatic N) is 1. The quantitative estimate of drug-likeness (QED) is 0.271. The lowest BCUT2D eigenvalue weighted by Crippen LogP contribution is -2.11. The number of aryl methyl sites for hydroxylation is 1. The first kappa shape index (κ1) is 21.0. The average Bonchev–Trinajstić information content (AvgIpc) is 2.78. The number of aliphatic imine (C=N–C) groups is 1. The van der Waals surface area contributed by atoms with E-state index in [1.54, 1.807) is 26.5 Å². The van der Waals surface area contributed by atoms with Crippen LogP contribution in [0, 0.1) is 6.92 Å². The summed E-state index contributed by atoms with van der Waals surface area (Å²) in [6, 6.07) is 22.6. The highest BCUT2D eigenvalue weighted by Crippen LogP contribution is 2.23. The van der Waals surface area contributed by atoms with Crippen LogP contribution < -0.4 is 18.9 Å². The van der Waals surface area contributed by atoms with Crippen LogP contribution in [0.5, 0.6) is 23.0 Å². The third-order valence-electron chi connectivity index (χ3n) is 4.29. The first-order valence-corrected chi connectivity index (χ1v) is 9.52. The average molecular weight is 403 g/mol. The Morgan fingerprint density at radius 2 is 1.40 bits per heavy atom. The summed E-state index contributed by atoms with van der Waals surface area (Å²) in [6.07, 6.45) is 1.63. The van der Waals surface area contributed by atoms with Crippen molar-refractivity contribution < 1.29 is 18.9 Å². The van der Waals surface area contributed by atoms with Gasteiger partial charge in [-0.05, 0) is 62.4 Å². The van der Waals surface area contributed by atoms with E-state index in [1.165, 1.54) is 5.56 Å². The van der Waals surface area contributed by atoms with Crippen LogP contribution in [0.3, 0.4) is 0 Å². The molecule has 0 bridgehead atoms. The fraction of sp³-hybridized carbons (Fsp3) is 0.160. The molecule has 0 saturated carbocycles. The molecule has 5 nitrogen and oxygen atoms in total. The van der Waals surface area contributed by atoms with E-state index in [0.717, 1.165) is 22.8 Å². The molecule has 30 heavy (non-hydrogen) atoms. The molecule has 0 spiro atoms. The van der Waals surface area contributed by atoms with Gasteiger partial charge in [-0.1, -0.05) is 23.8 Å². The van der Waals surface area contributed by atoms with Crippen molar-refractivity contribution in [3.8, 4) is 23.0 Å². The fourth-order valence-corrected chi connectivity index (χ4v) is 2.57. The van der Waals surface area contributed by atoms with Gasteiger partial charge in [0, 0.05) is 11.6 Å². The van der Waals surface area contributed by atoms with E-state index < -0.39 is 0 Å². The van der Waals surface area contributed by atoms with E-state index in [-0.39, 0.29) is 0 Å². The maximum Gasteiger partial charge on any atom is 0.225 e. The predicted octanol–water partition coefficient (Wildman–Crippen LogP) is 6.10. The summed E-state index contributed by atoms with van der Waals surface area (Å²) < 4.78 is 22.4. The van der Waals surface area contributed by atoms with Crippen LogP contribution in [-0.4, -0.2) is 20.1 Å². The highest BCUT2D eigenvalue weighted by atomic mass is 16.5. The molecular weight excluding hydrogens is 378 g/mol. The summed E-state index contributed by atoms with van der Waals surface area (Å²) >= 11 is 0. The van der Waals surface area contributed by atoms with Crippen LogP contribution in [-0.2, 0) is 0 Å². The lowest BCUT2D eigenvalue weighted by atomic mass is 10.2. The Morgan fingerprint density at radius 1 is 0.767 bits per heavy atom. The van der Waals surface area contributed by atoms with Gasteiger partial charge in [-0.3, -0.25) is 0 Å². The van der Waals surface area contributed by atoms with E-state index >= 15 is 0 Å². The largest absolute Gasteiger partial charge is 0.497 e. The summed E-state index contributed by atoms with van der Waals surface area (Å²) in [6.45, 7) is 3.92. The molecule has 3 rings (SSSR count). The molecule has 0 aliphatic heterocycles. The minimum absolute atomic E-state index is 0.417. The molecule has 0 unspecified atom stereocenters. The van der Waals surface area contributed by atoms with Gasteiger partial charge in [-0.15, -0.1) is 0 Å². The molecule has 0 radical (unpaired) electrons. The number of hydrogen-bond acceptors (Lipinski definition) is 5. The molecule has 0 atom stereocenters. The highest BCUT2D eigenvalue weighted by Gasteiger charge is 2.09. The van der Waals surface area contributed by atoms with Crippen molar-refractivity contribution in [1.29, 1.82) is 0 Å². The van der Waals surface area contributed by atoms with E-state index in [4.69, 9.17) is 18.9 Å². The molecule has 3 aromatic carbocycles. The van der Waals surface area contributed by atoms with Gasteiger partial charge >= 0.3 is 0 Å². The lowest BCUT2D eigenvalue weighted by molar-refractivity contribution is 0.411. The predicted molar refractivity (Wildman–Crippen MR) is 119 cm³/mol. The number of ether oxygens (including phenoxy) is 4. The molecule has 0 aromatic heterocycles. The number of benzene rings is 3. The Hall–Kier alpha value is -3.73. The van der Waals surface area contributed by atoms with Gasteiger partial charge in [0.15, 0.2) is 0 Å². The topological polar surface area (TPSA) is 49.3 Å². The van der Waals surface area contributed by atoms with E-state index in [0.29, 0.717) is 17.4 Å². The molecular formula is C25H25NO4. The second-order valence-electron chi connectivity index (χ2n) is 6.63. The summed E-state index contributed by atoms with van der Waals surface area (Å²) in [5, 5.41) is 0. The van der Waals surface area contributed by atoms with E-state index in [1.807, 2.05) is 80.6 Å². The van der Waals surface area contributed by atoms with E-state index in [9.17, 15) is 0 Å². The summed E-state index contributed by atoms with van der Waals surface area (Å²) in [5.41, 5.74) is 2.64. The smallest absolute Gasteiger partial charge is 0.225 e. The van der Waals surface area contributed by atoms with Crippen LogP contribution in [0.1, 0.15) is 12.5 Å². The van der Waals surface area contributed by atoms with Crippen molar-refractivity contribution in [2.45, 2.75) is 13.8 Å². The number of rotatable bonds is 7. The van der Waals surface area contributed by atoms with Crippen molar-refractivity contribution >= 4 is 11.6 Å². The maximum absolute atomic E-state index is 6.08. The van der Waals surface area contributed by atoms with E-state index in [2.05, 4.69) is 4.99 Å². The maximum atomic E-state index is 6.08. The minimum atomic E-state index is 0.417. The second kappa shape index (κ2) is 10.2. The number of hydrogen-bond donors (Lipinski definition) is 0. The first-order valence-electron chi connectivity index (χ1n) is 9.52. The van der Waals surface area contributed by atoms with Gasteiger partial charge in [0.25, 0.3) is 0 Å². The molecule has 0 saturated heterocycles. The fourth-order valence-electron chi connectivity index (χ4n) is 2.57. The van der Waals surface area contributed by atoms with Gasteiger partial charge in [-0.25, -0.2) is 4.99 Å². The van der Waals surface area contributed by atoms with Gasteiger partial charge < -0.3 is 18.9 Å². The lowest BCUT2D eigenvalue weighted by Gasteiger charge is -2.11. The Kier molecular flexibility index (Phi) is 7.11. The monoisotopic (exact) mass is 403 g/mol. The molecule has 0 aliphatic carbocycles. The molecule has 0 heterocycles. The molecule has 0 N–H and O–H groups in total. The van der Waals surface area contributed by atoms with Crippen molar-refractivity contribution in [3.63, 3.8) is 0 Å². The number of methoxy groups -OCH3 is 2. The van der Waals surface area contributed by atoms with Crippen LogP contribution >= 0.6 is 0 Å². The van der Waals surface area contributed by atoms with Crippen LogP contribution in [0.4, 0.5) is 5.69 Å². The Bertz CT molecular complexity index is 1020. The highest BCUT2D eigenvalue weighted by molar-refractivity contribution is 5.96. The van der Waals surface area contributed by atoms with Gasteiger partial charge in [-0.2, -0.15) is 0 Å². The normalized spacial score (nSPS) is 11.7. The third-order valence-corrected chi connectivity index (χ3v) is 4.29. The van der Waals surface area contributed by atoms with Crippen molar-refractivity contribution in [3.05, 3.63) is 90.2 Å². The zero-order valence-corrected chi connectivity index (χ0v) is 17.6. The van der Waals surface area contributed by atoms with Gasteiger partial charge in [0.05, 0.1) is 26.2 Å². The summed E-state index contributed by atoms with van der Waals surface area (Å²) in [7, 11) is 3.25.